The number of aromatic amines is 1. The summed E-state index contributed by atoms with van der Waals surface area (Å²) in [4.78, 5) is 19.6. The van der Waals surface area contributed by atoms with Crippen molar-refractivity contribution in [1.29, 1.82) is 0 Å². The van der Waals surface area contributed by atoms with Gasteiger partial charge in [-0.2, -0.15) is 5.10 Å². The zero-order valence-corrected chi connectivity index (χ0v) is 15.1. The molecule has 0 spiro atoms. The molecule has 1 unspecified atom stereocenters. The van der Waals surface area contributed by atoms with Gasteiger partial charge in [0, 0.05) is 19.7 Å². The Kier molecular flexibility index (Phi) is 5.03. The highest BCUT2D eigenvalue weighted by Gasteiger charge is 2.26. The molecule has 4 rings (SSSR count). The molecule has 3 N–H and O–H groups in total. The van der Waals surface area contributed by atoms with E-state index in [0.717, 1.165) is 56.5 Å². The number of hydrogen-bond donors (Lipinski definition) is 3. The van der Waals surface area contributed by atoms with E-state index in [1.807, 2.05) is 12.1 Å². The van der Waals surface area contributed by atoms with Crippen LogP contribution in [0.25, 0.3) is 11.0 Å². The van der Waals surface area contributed by atoms with E-state index in [2.05, 4.69) is 30.7 Å². The number of H-pyrrole nitrogens is 1. The van der Waals surface area contributed by atoms with Crippen LogP contribution in [-0.4, -0.2) is 66.5 Å². The van der Waals surface area contributed by atoms with Crippen molar-refractivity contribution in [1.82, 2.24) is 25.8 Å². The standard InChI is InChI=1S/C18H26N6O2/c1-26-11-13-3-2-10-24(13)15-5-4-14-16(22-23-17(14)21-15)18(25)20-12-6-8-19-9-7-12/h4-5,12-13,19H,2-3,6-11H2,1H3,(H,20,25)(H,21,22,23). The number of methoxy groups -OCH3 is 1. The summed E-state index contributed by atoms with van der Waals surface area (Å²) in [5.74, 6) is 0.793. The summed E-state index contributed by atoms with van der Waals surface area (Å²) < 4.78 is 5.32. The first-order chi connectivity index (χ1) is 12.8. The lowest BCUT2D eigenvalue weighted by atomic mass is 10.1. The third-order valence-corrected chi connectivity index (χ3v) is 5.34. The first kappa shape index (κ1) is 17.2. The van der Waals surface area contributed by atoms with Gasteiger partial charge in [0.1, 0.15) is 11.5 Å². The molecule has 2 fully saturated rings. The quantitative estimate of drug-likeness (QED) is 0.740. The molecule has 26 heavy (non-hydrogen) atoms. The van der Waals surface area contributed by atoms with Crippen molar-refractivity contribution in [2.75, 3.05) is 38.3 Å². The van der Waals surface area contributed by atoms with Gasteiger partial charge >= 0.3 is 0 Å². The fraction of sp³-hybridized carbons (Fsp3) is 0.611. The molecule has 140 valence electrons. The number of nitrogens with zero attached hydrogens (tertiary/aromatic N) is 3. The Bertz CT molecular complexity index is 770. The Morgan fingerprint density at radius 3 is 3.00 bits per heavy atom. The summed E-state index contributed by atoms with van der Waals surface area (Å²) in [5, 5.41) is 14.3. The number of pyridine rings is 1. The van der Waals surface area contributed by atoms with Crippen LogP contribution in [0.4, 0.5) is 5.82 Å². The lowest BCUT2D eigenvalue weighted by Gasteiger charge is -2.25. The predicted molar refractivity (Wildman–Crippen MR) is 99.5 cm³/mol. The predicted octanol–water partition coefficient (Wildman–Crippen LogP) is 1.05. The second-order valence-corrected chi connectivity index (χ2v) is 7.08. The maximum absolute atomic E-state index is 12.6. The average molecular weight is 358 g/mol. The zero-order chi connectivity index (χ0) is 17.9. The van der Waals surface area contributed by atoms with E-state index in [0.29, 0.717) is 24.0 Å². The Hall–Kier alpha value is -2.19. The molecule has 1 atom stereocenters. The number of rotatable bonds is 5. The summed E-state index contributed by atoms with van der Waals surface area (Å²) in [6.45, 7) is 3.56. The van der Waals surface area contributed by atoms with Gasteiger partial charge in [0.15, 0.2) is 5.65 Å². The molecule has 1 amide bonds. The minimum absolute atomic E-state index is 0.104. The molecule has 2 aromatic rings. The Morgan fingerprint density at radius 2 is 2.19 bits per heavy atom. The highest BCUT2D eigenvalue weighted by atomic mass is 16.5. The lowest BCUT2D eigenvalue weighted by molar-refractivity contribution is 0.0926. The largest absolute Gasteiger partial charge is 0.383 e. The second-order valence-electron chi connectivity index (χ2n) is 7.08. The maximum atomic E-state index is 12.6. The van der Waals surface area contributed by atoms with Crippen LogP contribution in [0.5, 0.6) is 0 Å². The van der Waals surface area contributed by atoms with Crippen LogP contribution in [0, 0.1) is 0 Å². The fourth-order valence-electron chi connectivity index (χ4n) is 3.95. The number of carbonyl (C=O) groups excluding carboxylic acids is 1. The van der Waals surface area contributed by atoms with Crippen molar-refractivity contribution in [3.8, 4) is 0 Å². The molecule has 2 saturated heterocycles. The van der Waals surface area contributed by atoms with Crippen LogP contribution in [0.15, 0.2) is 12.1 Å². The summed E-state index contributed by atoms with van der Waals surface area (Å²) in [7, 11) is 1.73. The number of carbonyl (C=O) groups is 1. The molecular weight excluding hydrogens is 332 g/mol. The number of anilines is 1. The lowest BCUT2D eigenvalue weighted by Crippen LogP contribution is -2.42. The van der Waals surface area contributed by atoms with E-state index in [-0.39, 0.29) is 11.9 Å². The van der Waals surface area contributed by atoms with Gasteiger partial charge < -0.3 is 20.3 Å². The van der Waals surface area contributed by atoms with Crippen LogP contribution in [0.2, 0.25) is 0 Å². The van der Waals surface area contributed by atoms with E-state index < -0.39 is 0 Å². The molecule has 4 heterocycles. The average Bonchev–Trinajstić information content (AvgIpc) is 3.29. The monoisotopic (exact) mass is 358 g/mol. The SMILES string of the molecule is COCC1CCCN1c1ccc2c(C(=O)NC3CCNCC3)[nH]nc2n1. The van der Waals surface area contributed by atoms with E-state index >= 15 is 0 Å². The minimum atomic E-state index is -0.104. The molecule has 8 nitrogen and oxygen atoms in total. The number of amides is 1. The normalized spacial score (nSPS) is 21.4. The molecule has 0 aliphatic carbocycles. The third kappa shape index (κ3) is 3.39. The highest BCUT2D eigenvalue weighted by Crippen LogP contribution is 2.26. The fourth-order valence-corrected chi connectivity index (χ4v) is 3.95. The smallest absolute Gasteiger partial charge is 0.270 e. The van der Waals surface area contributed by atoms with Gasteiger partial charge in [-0.05, 0) is 50.9 Å². The van der Waals surface area contributed by atoms with Crippen molar-refractivity contribution in [3.05, 3.63) is 17.8 Å². The van der Waals surface area contributed by atoms with Crippen molar-refractivity contribution in [2.24, 2.45) is 0 Å². The molecule has 2 aliphatic heterocycles. The van der Waals surface area contributed by atoms with E-state index in [4.69, 9.17) is 4.74 Å². The Morgan fingerprint density at radius 1 is 1.35 bits per heavy atom. The highest BCUT2D eigenvalue weighted by molar-refractivity contribution is 6.04. The van der Waals surface area contributed by atoms with Gasteiger partial charge in [0.25, 0.3) is 5.91 Å². The molecule has 0 saturated carbocycles. The van der Waals surface area contributed by atoms with Crippen molar-refractivity contribution in [2.45, 2.75) is 37.8 Å². The number of fused-ring (bicyclic) bond motifs is 1. The van der Waals surface area contributed by atoms with Gasteiger partial charge in [-0.1, -0.05) is 0 Å². The van der Waals surface area contributed by atoms with E-state index in [1.54, 1.807) is 7.11 Å². The van der Waals surface area contributed by atoms with Crippen LogP contribution in [0.3, 0.4) is 0 Å². The number of aromatic nitrogens is 3. The number of piperidine rings is 1. The van der Waals surface area contributed by atoms with Crippen molar-refractivity contribution >= 4 is 22.8 Å². The topological polar surface area (TPSA) is 95.2 Å². The Labute approximate surface area is 152 Å². The molecule has 0 radical (unpaired) electrons. The van der Waals surface area contributed by atoms with Crippen LogP contribution >= 0.6 is 0 Å². The molecule has 8 heteroatoms. The van der Waals surface area contributed by atoms with Crippen LogP contribution in [-0.2, 0) is 4.74 Å². The third-order valence-electron chi connectivity index (χ3n) is 5.34. The number of ether oxygens (including phenoxy) is 1. The molecular formula is C18H26N6O2. The minimum Gasteiger partial charge on any atom is -0.383 e. The molecule has 2 aromatic heterocycles. The second kappa shape index (κ2) is 7.59. The summed E-state index contributed by atoms with van der Waals surface area (Å²) >= 11 is 0. The van der Waals surface area contributed by atoms with Crippen LogP contribution < -0.4 is 15.5 Å². The van der Waals surface area contributed by atoms with Gasteiger partial charge in [-0.15, -0.1) is 0 Å². The van der Waals surface area contributed by atoms with Crippen LogP contribution in [0.1, 0.15) is 36.2 Å². The van der Waals surface area contributed by atoms with Gasteiger partial charge in [0.05, 0.1) is 18.0 Å². The molecule has 0 bridgehead atoms. The summed E-state index contributed by atoms with van der Waals surface area (Å²) in [6, 6.07) is 4.49. The summed E-state index contributed by atoms with van der Waals surface area (Å²) in [5.41, 5.74) is 1.08. The zero-order valence-electron chi connectivity index (χ0n) is 15.1. The maximum Gasteiger partial charge on any atom is 0.270 e. The Balaban J connectivity index is 1.52. The van der Waals surface area contributed by atoms with Crippen molar-refractivity contribution in [3.63, 3.8) is 0 Å². The molecule has 2 aliphatic rings. The van der Waals surface area contributed by atoms with Gasteiger partial charge in [0.2, 0.25) is 0 Å². The van der Waals surface area contributed by atoms with Gasteiger partial charge in [-0.3, -0.25) is 9.89 Å². The number of nitrogens with one attached hydrogen (secondary N) is 3. The first-order valence-corrected chi connectivity index (χ1v) is 9.38. The summed E-state index contributed by atoms with van der Waals surface area (Å²) in [6.07, 6.45) is 4.16. The van der Waals surface area contributed by atoms with E-state index in [9.17, 15) is 4.79 Å². The van der Waals surface area contributed by atoms with Crippen molar-refractivity contribution < 1.29 is 9.53 Å². The molecule has 0 aromatic carbocycles. The number of hydrogen-bond acceptors (Lipinski definition) is 6. The van der Waals surface area contributed by atoms with Gasteiger partial charge in [-0.25, -0.2) is 4.98 Å². The first-order valence-electron chi connectivity index (χ1n) is 9.38. The van der Waals surface area contributed by atoms with E-state index in [1.165, 1.54) is 0 Å².